The minimum atomic E-state index is -0.329. The molecule has 0 bridgehead atoms. The monoisotopic (exact) mass is 591 g/mol. The maximum atomic E-state index is 14.0. The number of rotatable bonds is 8. The van der Waals surface area contributed by atoms with E-state index in [0.717, 1.165) is 66.2 Å². The number of hydrogen-bond donors (Lipinski definition) is 1. The van der Waals surface area contributed by atoms with E-state index in [1.165, 1.54) is 17.6 Å². The van der Waals surface area contributed by atoms with Crippen LogP contribution in [-0.4, -0.2) is 47.2 Å². The summed E-state index contributed by atoms with van der Waals surface area (Å²) in [6.45, 7) is 3.01. The number of fused-ring (bicyclic) bond motifs is 4. The molecule has 6 nitrogen and oxygen atoms in total. The SMILES string of the molecule is C/C(=C\c1ccc(O)c2ccccc12)CC[C@H]1OC[C@H]2C1=C(COc1ccccc1)C[C@H]1C(=O)N(C3CCCCC3)C(=O)[C@H]12. The highest BCUT2D eigenvalue weighted by atomic mass is 16.5. The Kier molecular flexibility index (Phi) is 8.02. The van der Waals surface area contributed by atoms with Gasteiger partial charge in [0.15, 0.2) is 0 Å². The van der Waals surface area contributed by atoms with Gasteiger partial charge in [-0.15, -0.1) is 0 Å². The average Bonchev–Trinajstić information content (AvgIpc) is 3.59. The van der Waals surface area contributed by atoms with E-state index >= 15 is 0 Å². The van der Waals surface area contributed by atoms with Crippen LogP contribution in [0, 0.1) is 17.8 Å². The van der Waals surface area contributed by atoms with E-state index in [0.29, 0.717) is 19.6 Å². The van der Waals surface area contributed by atoms with Crippen LogP contribution in [0.4, 0.5) is 0 Å². The minimum Gasteiger partial charge on any atom is -0.507 e. The third-order valence-corrected chi connectivity index (χ3v) is 10.3. The number of carbonyl (C=O) groups excluding carboxylic acids is 2. The van der Waals surface area contributed by atoms with Crippen molar-refractivity contribution in [2.75, 3.05) is 13.2 Å². The van der Waals surface area contributed by atoms with Crippen LogP contribution in [0.25, 0.3) is 16.8 Å². The first-order chi connectivity index (χ1) is 21.5. The van der Waals surface area contributed by atoms with Gasteiger partial charge in [-0.1, -0.05) is 79.4 Å². The van der Waals surface area contributed by atoms with E-state index < -0.39 is 0 Å². The molecule has 44 heavy (non-hydrogen) atoms. The molecule has 2 aliphatic carbocycles. The van der Waals surface area contributed by atoms with Crippen molar-refractivity contribution in [1.82, 2.24) is 4.90 Å². The van der Waals surface area contributed by atoms with E-state index in [2.05, 4.69) is 13.0 Å². The van der Waals surface area contributed by atoms with Gasteiger partial charge >= 0.3 is 0 Å². The smallest absolute Gasteiger partial charge is 0.234 e. The zero-order chi connectivity index (χ0) is 30.2. The Morgan fingerprint density at radius 1 is 0.932 bits per heavy atom. The van der Waals surface area contributed by atoms with Gasteiger partial charge in [0.25, 0.3) is 0 Å². The highest BCUT2D eigenvalue weighted by molar-refractivity contribution is 6.06. The third kappa shape index (κ3) is 5.34. The Hall–Kier alpha value is -3.90. The topological polar surface area (TPSA) is 76.1 Å². The number of ether oxygens (including phenoxy) is 2. The molecule has 1 N–H and O–H groups in total. The fraction of sp³-hybridized carbons (Fsp3) is 0.421. The molecule has 3 fully saturated rings. The minimum absolute atomic E-state index is 0.0199. The summed E-state index contributed by atoms with van der Waals surface area (Å²) < 4.78 is 12.7. The van der Waals surface area contributed by atoms with Crippen LogP contribution in [0.15, 0.2) is 83.4 Å². The molecule has 0 unspecified atom stereocenters. The van der Waals surface area contributed by atoms with Crippen LogP contribution in [0.2, 0.25) is 0 Å². The van der Waals surface area contributed by atoms with Gasteiger partial charge in [-0.05, 0) is 79.3 Å². The van der Waals surface area contributed by atoms with Crippen LogP contribution in [0.1, 0.15) is 63.9 Å². The molecule has 7 rings (SSSR count). The van der Waals surface area contributed by atoms with Gasteiger partial charge in [0.2, 0.25) is 11.8 Å². The number of likely N-dealkylation sites (tertiary alicyclic amines) is 1. The Bertz CT molecular complexity index is 1620. The number of amides is 2. The Balaban J connectivity index is 1.14. The second-order valence-corrected chi connectivity index (χ2v) is 13.0. The van der Waals surface area contributed by atoms with Crippen LogP contribution in [-0.2, 0) is 14.3 Å². The van der Waals surface area contributed by atoms with Crippen molar-refractivity contribution in [2.24, 2.45) is 17.8 Å². The normalized spacial score (nSPS) is 25.9. The van der Waals surface area contributed by atoms with Gasteiger partial charge < -0.3 is 14.6 Å². The highest BCUT2D eigenvalue weighted by Crippen LogP contribution is 2.51. The molecule has 3 aromatic carbocycles. The summed E-state index contributed by atoms with van der Waals surface area (Å²) in [5.74, 6) is 0.402. The Labute approximate surface area is 259 Å². The van der Waals surface area contributed by atoms with E-state index in [9.17, 15) is 14.7 Å². The molecular formula is C38H41NO5. The summed E-state index contributed by atoms with van der Waals surface area (Å²) in [5, 5.41) is 12.2. The lowest BCUT2D eigenvalue weighted by Crippen LogP contribution is -2.42. The molecule has 228 valence electrons. The summed E-state index contributed by atoms with van der Waals surface area (Å²) >= 11 is 0. The lowest BCUT2D eigenvalue weighted by molar-refractivity contribution is -0.143. The lowest BCUT2D eigenvalue weighted by Gasteiger charge is -2.32. The molecule has 0 radical (unpaired) electrons. The van der Waals surface area contributed by atoms with Crippen LogP contribution in [0.5, 0.6) is 11.5 Å². The fourth-order valence-electron chi connectivity index (χ4n) is 8.14. The van der Waals surface area contributed by atoms with Gasteiger partial charge in [-0.2, -0.15) is 0 Å². The second kappa shape index (κ2) is 12.2. The number of phenols is 1. The summed E-state index contributed by atoms with van der Waals surface area (Å²) in [5.41, 5.74) is 4.62. The standard InChI is InChI=1S/C38H41NO5/c1-24(20-25-17-18-33(40)30-15-9-8-14-29(25)30)16-19-34-35-26(22-43-28-12-6-3-7-13-28)21-31-36(32(35)23-44-34)38(42)39(37(31)41)27-10-4-2-5-11-27/h3,6-9,12-15,17-18,20,27,31-32,34,36,40H,2,4-5,10-11,16,19,21-23H2,1H3/b24-20+/t31-,32+,34-,36-/m1/s1. The first-order valence-electron chi connectivity index (χ1n) is 16.3. The van der Waals surface area contributed by atoms with Crippen molar-refractivity contribution in [1.29, 1.82) is 0 Å². The fourth-order valence-corrected chi connectivity index (χ4v) is 8.14. The zero-order valence-electron chi connectivity index (χ0n) is 25.4. The number of para-hydroxylation sites is 1. The number of carbonyl (C=O) groups is 2. The number of phenolic OH excluding ortho intramolecular Hbond substituents is 1. The largest absolute Gasteiger partial charge is 0.507 e. The molecule has 1 saturated carbocycles. The van der Waals surface area contributed by atoms with Gasteiger partial charge in [-0.3, -0.25) is 14.5 Å². The number of allylic oxidation sites excluding steroid dienone is 1. The Morgan fingerprint density at radius 2 is 1.68 bits per heavy atom. The third-order valence-electron chi connectivity index (χ3n) is 10.3. The summed E-state index contributed by atoms with van der Waals surface area (Å²) in [6, 6.07) is 21.5. The summed E-state index contributed by atoms with van der Waals surface area (Å²) in [7, 11) is 0. The number of imide groups is 1. The second-order valence-electron chi connectivity index (χ2n) is 13.0. The molecule has 3 aromatic rings. The van der Waals surface area contributed by atoms with Crippen molar-refractivity contribution in [2.45, 2.75) is 70.4 Å². The molecule has 2 amide bonds. The molecule has 6 heteroatoms. The van der Waals surface area contributed by atoms with Crippen LogP contribution < -0.4 is 4.74 Å². The van der Waals surface area contributed by atoms with E-state index in [4.69, 9.17) is 9.47 Å². The van der Waals surface area contributed by atoms with Crippen molar-refractivity contribution in [3.63, 3.8) is 0 Å². The van der Waals surface area contributed by atoms with Crippen LogP contribution >= 0.6 is 0 Å². The Morgan fingerprint density at radius 3 is 2.48 bits per heavy atom. The predicted molar refractivity (Wildman–Crippen MR) is 171 cm³/mol. The van der Waals surface area contributed by atoms with Gasteiger partial charge in [0.1, 0.15) is 18.1 Å². The maximum Gasteiger partial charge on any atom is 0.234 e. The van der Waals surface area contributed by atoms with Gasteiger partial charge in [0, 0.05) is 17.3 Å². The maximum absolute atomic E-state index is 14.0. The van der Waals surface area contributed by atoms with E-state index in [-0.39, 0.29) is 47.5 Å². The highest BCUT2D eigenvalue weighted by Gasteiger charge is 2.58. The lowest BCUT2D eigenvalue weighted by atomic mass is 9.69. The van der Waals surface area contributed by atoms with E-state index in [1.807, 2.05) is 60.7 Å². The molecular weight excluding hydrogens is 550 g/mol. The number of aromatic hydroxyl groups is 1. The zero-order valence-corrected chi connectivity index (χ0v) is 25.4. The predicted octanol–water partition coefficient (Wildman–Crippen LogP) is 7.46. The number of hydrogen-bond acceptors (Lipinski definition) is 5. The van der Waals surface area contributed by atoms with Crippen molar-refractivity contribution in [3.05, 3.63) is 89.0 Å². The molecule has 0 spiro atoms. The molecule has 2 aliphatic heterocycles. The summed E-state index contributed by atoms with van der Waals surface area (Å²) in [6.07, 6.45) is 9.47. The van der Waals surface area contributed by atoms with Crippen molar-refractivity contribution < 1.29 is 24.2 Å². The molecule has 0 aromatic heterocycles. The number of nitrogens with zero attached hydrogens (tertiary/aromatic N) is 1. The van der Waals surface area contributed by atoms with Gasteiger partial charge in [0.05, 0.1) is 24.5 Å². The molecule has 2 heterocycles. The molecule has 4 aliphatic rings. The first kappa shape index (κ1) is 28.8. The quantitative estimate of drug-likeness (QED) is 0.217. The van der Waals surface area contributed by atoms with Crippen molar-refractivity contribution in [3.8, 4) is 11.5 Å². The van der Waals surface area contributed by atoms with Crippen molar-refractivity contribution >= 4 is 28.7 Å². The van der Waals surface area contributed by atoms with Gasteiger partial charge in [-0.25, -0.2) is 0 Å². The number of benzene rings is 3. The molecule has 2 saturated heterocycles. The molecule has 4 atom stereocenters. The first-order valence-corrected chi connectivity index (χ1v) is 16.3. The summed E-state index contributed by atoms with van der Waals surface area (Å²) in [4.78, 5) is 29.4. The van der Waals surface area contributed by atoms with E-state index in [1.54, 1.807) is 11.0 Å². The van der Waals surface area contributed by atoms with Crippen LogP contribution in [0.3, 0.4) is 0 Å². The average molecular weight is 592 g/mol.